The van der Waals surface area contributed by atoms with Gasteiger partial charge in [-0.3, -0.25) is 0 Å². The van der Waals surface area contributed by atoms with E-state index < -0.39 is 5.60 Å². The third kappa shape index (κ3) is 5.23. The van der Waals surface area contributed by atoms with Crippen molar-refractivity contribution in [2.45, 2.75) is 51.7 Å². The molecule has 0 fully saturated rings. The largest absolute Gasteiger partial charge is 0.389 e. The summed E-state index contributed by atoms with van der Waals surface area (Å²) in [6, 6.07) is 0.537. The molecule has 14 heavy (non-hydrogen) atoms. The molecule has 0 aliphatic heterocycles. The Morgan fingerprint density at radius 3 is 2.21 bits per heavy atom. The fourth-order valence-corrected chi connectivity index (χ4v) is 2.11. The van der Waals surface area contributed by atoms with Crippen molar-refractivity contribution in [1.29, 1.82) is 0 Å². The molecule has 0 aliphatic carbocycles. The Balaban J connectivity index is 3.87. The summed E-state index contributed by atoms with van der Waals surface area (Å²) in [7, 11) is 0. The number of hydrogen-bond acceptors (Lipinski definition) is 3. The normalized spacial score (nSPS) is 14.4. The number of thioether (sulfide) groups is 1. The summed E-state index contributed by atoms with van der Waals surface area (Å²) < 4.78 is 0. The van der Waals surface area contributed by atoms with Crippen LogP contribution < -0.4 is 5.32 Å². The van der Waals surface area contributed by atoms with Gasteiger partial charge in [0.1, 0.15) is 0 Å². The molecule has 0 spiro atoms. The first kappa shape index (κ1) is 14.3. The predicted octanol–water partition coefficient (Wildman–Crippen LogP) is 2.27. The van der Waals surface area contributed by atoms with E-state index in [-0.39, 0.29) is 0 Å². The maximum absolute atomic E-state index is 10.1. The van der Waals surface area contributed by atoms with Crippen molar-refractivity contribution < 1.29 is 5.11 Å². The van der Waals surface area contributed by atoms with Gasteiger partial charge in [-0.25, -0.2) is 0 Å². The predicted molar refractivity (Wildman–Crippen MR) is 66.0 cm³/mol. The number of hydrogen-bond donors (Lipinski definition) is 2. The average molecular weight is 219 g/mol. The molecule has 0 aromatic rings. The van der Waals surface area contributed by atoms with Crippen LogP contribution in [-0.2, 0) is 0 Å². The number of nitrogens with one attached hydrogen (secondary N) is 1. The highest BCUT2D eigenvalue weighted by Crippen LogP contribution is 2.13. The van der Waals surface area contributed by atoms with Crippen LogP contribution in [0.5, 0.6) is 0 Å². The van der Waals surface area contributed by atoms with Crippen LogP contribution in [0.15, 0.2) is 0 Å². The molecule has 0 aromatic heterocycles. The van der Waals surface area contributed by atoms with Gasteiger partial charge in [-0.2, -0.15) is 11.8 Å². The first-order chi connectivity index (χ1) is 6.61. The van der Waals surface area contributed by atoms with Gasteiger partial charge >= 0.3 is 0 Å². The lowest BCUT2D eigenvalue weighted by atomic mass is 9.97. The van der Waals surface area contributed by atoms with Crippen LogP contribution in [0.4, 0.5) is 0 Å². The molecule has 2 N–H and O–H groups in total. The quantitative estimate of drug-likeness (QED) is 0.657. The monoisotopic (exact) mass is 219 g/mol. The summed E-state index contributed by atoms with van der Waals surface area (Å²) in [6.07, 6.45) is 4.90. The maximum Gasteiger partial charge on any atom is 0.0766 e. The molecule has 0 radical (unpaired) electrons. The fourth-order valence-electron chi connectivity index (χ4n) is 1.36. The van der Waals surface area contributed by atoms with Gasteiger partial charge in [-0.15, -0.1) is 0 Å². The van der Waals surface area contributed by atoms with Gasteiger partial charge in [0.15, 0.2) is 0 Å². The standard InChI is InChI=1S/C11H25NOS/c1-5-10(8-14-4)12-9-11(13,6-2)7-3/h10,12-13H,5-9H2,1-4H3. The first-order valence-electron chi connectivity index (χ1n) is 5.56. The lowest BCUT2D eigenvalue weighted by Gasteiger charge is -2.28. The van der Waals surface area contributed by atoms with Gasteiger partial charge in [0.2, 0.25) is 0 Å². The number of rotatable bonds is 8. The second-order valence-electron chi connectivity index (χ2n) is 3.87. The van der Waals surface area contributed by atoms with Crippen molar-refractivity contribution >= 4 is 11.8 Å². The van der Waals surface area contributed by atoms with E-state index in [4.69, 9.17) is 0 Å². The molecule has 0 aromatic carbocycles. The van der Waals surface area contributed by atoms with E-state index in [9.17, 15) is 5.11 Å². The minimum atomic E-state index is -0.508. The van der Waals surface area contributed by atoms with Crippen molar-refractivity contribution in [1.82, 2.24) is 5.32 Å². The van der Waals surface area contributed by atoms with Crippen molar-refractivity contribution in [2.75, 3.05) is 18.6 Å². The summed E-state index contributed by atoms with van der Waals surface area (Å²) in [4.78, 5) is 0. The molecule has 3 heteroatoms. The Bertz CT molecular complexity index is 137. The molecule has 86 valence electrons. The van der Waals surface area contributed by atoms with Gasteiger partial charge in [-0.1, -0.05) is 20.8 Å². The van der Waals surface area contributed by atoms with Crippen molar-refractivity contribution in [3.05, 3.63) is 0 Å². The minimum Gasteiger partial charge on any atom is -0.389 e. The zero-order valence-electron chi connectivity index (χ0n) is 9.97. The zero-order chi connectivity index (χ0) is 11.0. The Morgan fingerprint density at radius 2 is 1.86 bits per heavy atom. The summed E-state index contributed by atoms with van der Waals surface area (Å²) >= 11 is 1.86. The van der Waals surface area contributed by atoms with E-state index in [2.05, 4.69) is 18.5 Å². The third-order valence-electron chi connectivity index (χ3n) is 2.90. The highest BCUT2D eigenvalue weighted by molar-refractivity contribution is 7.98. The summed E-state index contributed by atoms with van der Waals surface area (Å²) in [5.41, 5.74) is -0.508. The smallest absolute Gasteiger partial charge is 0.0766 e. The van der Waals surface area contributed by atoms with Crippen molar-refractivity contribution in [3.63, 3.8) is 0 Å². The highest BCUT2D eigenvalue weighted by atomic mass is 32.2. The highest BCUT2D eigenvalue weighted by Gasteiger charge is 2.22. The average Bonchev–Trinajstić information content (AvgIpc) is 2.23. The van der Waals surface area contributed by atoms with E-state index in [1.807, 2.05) is 25.6 Å². The van der Waals surface area contributed by atoms with Gasteiger partial charge in [0, 0.05) is 18.3 Å². The lowest BCUT2D eigenvalue weighted by Crippen LogP contribution is -2.44. The number of aliphatic hydroxyl groups is 1. The maximum atomic E-state index is 10.1. The van der Waals surface area contributed by atoms with E-state index in [1.54, 1.807) is 0 Å². The lowest BCUT2D eigenvalue weighted by molar-refractivity contribution is 0.0304. The minimum absolute atomic E-state index is 0.508. The van der Waals surface area contributed by atoms with Gasteiger partial charge in [0.05, 0.1) is 5.60 Å². The van der Waals surface area contributed by atoms with Gasteiger partial charge in [-0.05, 0) is 25.5 Å². The van der Waals surface area contributed by atoms with Gasteiger partial charge in [0.25, 0.3) is 0 Å². The Labute approximate surface area is 92.9 Å². The van der Waals surface area contributed by atoms with Gasteiger partial charge < -0.3 is 10.4 Å². The first-order valence-corrected chi connectivity index (χ1v) is 6.96. The molecule has 0 bridgehead atoms. The van der Waals surface area contributed by atoms with Crippen LogP contribution in [0, 0.1) is 0 Å². The molecule has 1 atom stereocenters. The molecular formula is C11H25NOS. The van der Waals surface area contributed by atoms with E-state index in [0.29, 0.717) is 6.04 Å². The molecule has 0 saturated heterocycles. The second-order valence-corrected chi connectivity index (χ2v) is 4.78. The molecule has 1 unspecified atom stereocenters. The van der Waals surface area contributed by atoms with E-state index in [0.717, 1.165) is 31.6 Å². The van der Waals surface area contributed by atoms with Crippen LogP contribution in [-0.4, -0.2) is 35.3 Å². The van der Waals surface area contributed by atoms with Crippen LogP contribution in [0.25, 0.3) is 0 Å². The molecule has 0 aliphatic rings. The zero-order valence-corrected chi connectivity index (χ0v) is 10.8. The van der Waals surface area contributed by atoms with E-state index in [1.165, 1.54) is 0 Å². The van der Waals surface area contributed by atoms with Crippen LogP contribution in [0.2, 0.25) is 0 Å². The Hall–Kier alpha value is 0.270. The molecule has 2 nitrogen and oxygen atoms in total. The molecule has 0 amide bonds. The Kier molecular flexibility index (Phi) is 7.69. The van der Waals surface area contributed by atoms with Crippen molar-refractivity contribution in [3.8, 4) is 0 Å². The molecule has 0 saturated carbocycles. The summed E-state index contributed by atoms with van der Waals surface area (Å²) in [5, 5.41) is 13.5. The third-order valence-corrected chi connectivity index (χ3v) is 3.63. The summed E-state index contributed by atoms with van der Waals surface area (Å²) in [5.74, 6) is 1.13. The molecule has 0 heterocycles. The fraction of sp³-hybridized carbons (Fsp3) is 1.00. The van der Waals surface area contributed by atoms with Crippen LogP contribution >= 0.6 is 11.8 Å². The summed E-state index contributed by atoms with van der Waals surface area (Å²) in [6.45, 7) is 6.99. The van der Waals surface area contributed by atoms with Crippen LogP contribution in [0.1, 0.15) is 40.0 Å². The van der Waals surface area contributed by atoms with E-state index >= 15 is 0 Å². The SMILES string of the molecule is CCC(CSC)NCC(O)(CC)CC. The molecular weight excluding hydrogens is 194 g/mol. The van der Waals surface area contributed by atoms with Crippen molar-refractivity contribution in [2.24, 2.45) is 0 Å². The Morgan fingerprint density at radius 1 is 1.29 bits per heavy atom. The van der Waals surface area contributed by atoms with Crippen LogP contribution in [0.3, 0.4) is 0 Å². The second kappa shape index (κ2) is 7.55. The molecule has 0 rings (SSSR count). The topological polar surface area (TPSA) is 32.3 Å².